The van der Waals surface area contributed by atoms with Gasteiger partial charge in [-0.25, -0.2) is 0 Å². The van der Waals surface area contributed by atoms with Crippen LogP contribution in [0.25, 0.3) is 0 Å². The van der Waals surface area contributed by atoms with Crippen molar-refractivity contribution >= 4 is 0 Å². The minimum Gasteiger partial charge on any atom is -0.313 e. The van der Waals surface area contributed by atoms with Crippen molar-refractivity contribution in [2.45, 2.75) is 90.6 Å². The molecular weight excluding hydrogens is 256 g/mol. The van der Waals surface area contributed by atoms with Crippen LogP contribution in [0.1, 0.15) is 78.6 Å². The average molecular weight is 295 g/mol. The maximum Gasteiger partial charge on any atom is 0.00926 e. The van der Waals surface area contributed by atoms with Crippen LogP contribution in [0.2, 0.25) is 0 Å². The highest BCUT2D eigenvalue weighted by molar-refractivity contribution is 4.88. The SMILES string of the molecule is CCCC(C)(CNC1CC1)CN(C)C1CCC(CC)CC1. The molecule has 0 radical (unpaired) electrons. The fraction of sp³-hybridized carbons (Fsp3) is 1.00. The second-order valence-electron chi connectivity index (χ2n) is 8.21. The molecule has 2 saturated carbocycles. The molecule has 2 rings (SSSR count). The van der Waals surface area contributed by atoms with Crippen molar-refractivity contribution in [2.24, 2.45) is 11.3 Å². The fourth-order valence-electron chi connectivity index (χ4n) is 4.23. The lowest BCUT2D eigenvalue weighted by Crippen LogP contribution is -2.46. The lowest BCUT2D eigenvalue weighted by Gasteiger charge is -2.40. The molecule has 1 N–H and O–H groups in total. The summed E-state index contributed by atoms with van der Waals surface area (Å²) in [6.07, 6.45) is 12.6. The van der Waals surface area contributed by atoms with Gasteiger partial charge in [-0.05, 0) is 63.3 Å². The summed E-state index contributed by atoms with van der Waals surface area (Å²) in [5.74, 6) is 1.01. The first kappa shape index (κ1) is 17.3. The van der Waals surface area contributed by atoms with Gasteiger partial charge in [0.25, 0.3) is 0 Å². The maximum absolute atomic E-state index is 3.78. The van der Waals surface area contributed by atoms with E-state index in [1.165, 1.54) is 70.9 Å². The van der Waals surface area contributed by atoms with E-state index in [2.05, 4.69) is 38.0 Å². The van der Waals surface area contributed by atoms with Crippen LogP contribution >= 0.6 is 0 Å². The molecule has 0 aliphatic heterocycles. The molecule has 21 heavy (non-hydrogen) atoms. The zero-order chi connectivity index (χ0) is 15.3. The second kappa shape index (κ2) is 7.97. The summed E-state index contributed by atoms with van der Waals surface area (Å²) in [5, 5.41) is 3.78. The van der Waals surface area contributed by atoms with E-state index in [4.69, 9.17) is 0 Å². The Balaban J connectivity index is 1.80. The minimum absolute atomic E-state index is 0.452. The van der Waals surface area contributed by atoms with E-state index in [9.17, 15) is 0 Å². The number of hydrogen-bond acceptors (Lipinski definition) is 2. The van der Waals surface area contributed by atoms with Crippen LogP contribution in [0.4, 0.5) is 0 Å². The van der Waals surface area contributed by atoms with Crippen molar-refractivity contribution < 1.29 is 0 Å². The van der Waals surface area contributed by atoms with Crippen LogP contribution in [0, 0.1) is 11.3 Å². The number of nitrogens with one attached hydrogen (secondary N) is 1. The van der Waals surface area contributed by atoms with Crippen molar-refractivity contribution in [2.75, 3.05) is 20.1 Å². The lowest BCUT2D eigenvalue weighted by atomic mass is 9.81. The standard InChI is InChI=1S/C19H38N2/c1-5-13-19(3,14-20-17-9-10-17)15-21(4)18-11-7-16(6-2)8-12-18/h16-18,20H,5-15H2,1-4H3. The van der Waals surface area contributed by atoms with E-state index < -0.39 is 0 Å². The van der Waals surface area contributed by atoms with Crippen LogP contribution in [-0.4, -0.2) is 37.1 Å². The summed E-state index contributed by atoms with van der Waals surface area (Å²) < 4.78 is 0. The van der Waals surface area contributed by atoms with Crippen molar-refractivity contribution in [1.82, 2.24) is 10.2 Å². The molecule has 0 spiro atoms. The monoisotopic (exact) mass is 294 g/mol. The van der Waals surface area contributed by atoms with Gasteiger partial charge in [-0.15, -0.1) is 0 Å². The van der Waals surface area contributed by atoms with Crippen molar-refractivity contribution in [3.8, 4) is 0 Å². The highest BCUT2D eigenvalue weighted by atomic mass is 15.1. The molecule has 0 aromatic heterocycles. The van der Waals surface area contributed by atoms with Gasteiger partial charge in [-0.3, -0.25) is 0 Å². The molecule has 2 fully saturated rings. The van der Waals surface area contributed by atoms with Gasteiger partial charge in [-0.2, -0.15) is 0 Å². The van der Waals surface area contributed by atoms with Crippen LogP contribution in [0.15, 0.2) is 0 Å². The first-order chi connectivity index (χ1) is 10.1. The predicted octanol–water partition coefficient (Wildman–Crippen LogP) is 4.45. The Labute approximate surface area is 133 Å². The van der Waals surface area contributed by atoms with Crippen LogP contribution in [0.5, 0.6) is 0 Å². The summed E-state index contributed by atoms with van der Waals surface area (Å²) in [6, 6.07) is 1.68. The Bertz CT molecular complexity index is 292. The van der Waals surface area contributed by atoms with Crippen molar-refractivity contribution in [3.63, 3.8) is 0 Å². The molecule has 1 atom stereocenters. The van der Waals surface area contributed by atoms with Crippen molar-refractivity contribution in [3.05, 3.63) is 0 Å². The molecule has 0 aromatic rings. The summed E-state index contributed by atoms with van der Waals surface area (Å²) in [4.78, 5) is 2.69. The molecule has 1 unspecified atom stereocenters. The molecule has 0 amide bonds. The van der Waals surface area contributed by atoms with E-state index in [0.29, 0.717) is 5.41 Å². The van der Waals surface area contributed by atoms with Crippen LogP contribution < -0.4 is 5.32 Å². The third-order valence-electron chi connectivity index (χ3n) is 5.90. The Hall–Kier alpha value is -0.0800. The third-order valence-corrected chi connectivity index (χ3v) is 5.90. The maximum atomic E-state index is 3.78. The minimum atomic E-state index is 0.452. The lowest BCUT2D eigenvalue weighted by molar-refractivity contribution is 0.102. The third kappa shape index (κ3) is 5.56. The highest BCUT2D eigenvalue weighted by Crippen LogP contribution is 2.32. The molecule has 0 saturated heterocycles. The summed E-state index contributed by atoms with van der Waals surface area (Å²) in [7, 11) is 2.38. The molecule has 2 aliphatic rings. The van der Waals surface area contributed by atoms with Gasteiger partial charge in [0.1, 0.15) is 0 Å². The molecule has 2 heteroatoms. The molecule has 0 aromatic carbocycles. The fourth-order valence-corrected chi connectivity index (χ4v) is 4.23. The van der Waals surface area contributed by atoms with Crippen LogP contribution in [-0.2, 0) is 0 Å². The molecule has 2 nitrogen and oxygen atoms in total. The normalized spacial score (nSPS) is 29.6. The van der Waals surface area contributed by atoms with Gasteiger partial charge in [0.15, 0.2) is 0 Å². The molecule has 124 valence electrons. The molecular formula is C19H38N2. The summed E-state index contributed by atoms with van der Waals surface area (Å²) >= 11 is 0. The molecule has 0 bridgehead atoms. The van der Waals surface area contributed by atoms with Gasteiger partial charge in [0, 0.05) is 25.2 Å². The van der Waals surface area contributed by atoms with E-state index in [1.807, 2.05) is 0 Å². The number of rotatable bonds is 9. The Morgan fingerprint density at radius 1 is 1.05 bits per heavy atom. The topological polar surface area (TPSA) is 15.3 Å². The molecule has 2 aliphatic carbocycles. The quantitative estimate of drug-likeness (QED) is 0.676. The van der Waals surface area contributed by atoms with Crippen molar-refractivity contribution in [1.29, 1.82) is 0 Å². The first-order valence-electron chi connectivity index (χ1n) is 9.50. The summed E-state index contributed by atoms with van der Waals surface area (Å²) in [5.41, 5.74) is 0.452. The van der Waals surface area contributed by atoms with Gasteiger partial charge in [-0.1, -0.05) is 33.6 Å². The highest BCUT2D eigenvalue weighted by Gasteiger charge is 2.31. The zero-order valence-corrected chi connectivity index (χ0v) is 15.0. The smallest absolute Gasteiger partial charge is 0.00926 e. The van der Waals surface area contributed by atoms with Gasteiger partial charge in [0.05, 0.1) is 0 Å². The first-order valence-corrected chi connectivity index (χ1v) is 9.50. The van der Waals surface area contributed by atoms with E-state index in [0.717, 1.165) is 18.0 Å². The van der Waals surface area contributed by atoms with E-state index in [1.54, 1.807) is 0 Å². The predicted molar refractivity (Wildman–Crippen MR) is 92.7 cm³/mol. The van der Waals surface area contributed by atoms with Gasteiger partial charge in [0.2, 0.25) is 0 Å². The van der Waals surface area contributed by atoms with Gasteiger partial charge < -0.3 is 10.2 Å². The summed E-state index contributed by atoms with van der Waals surface area (Å²) in [6.45, 7) is 9.67. The Kier molecular flexibility index (Phi) is 6.55. The second-order valence-corrected chi connectivity index (χ2v) is 8.21. The van der Waals surface area contributed by atoms with Crippen LogP contribution in [0.3, 0.4) is 0 Å². The number of hydrogen-bond donors (Lipinski definition) is 1. The average Bonchev–Trinajstić information content (AvgIpc) is 3.30. The number of nitrogens with zero attached hydrogens (tertiary/aromatic N) is 1. The Morgan fingerprint density at radius 2 is 1.71 bits per heavy atom. The largest absolute Gasteiger partial charge is 0.313 e. The Morgan fingerprint density at radius 3 is 2.24 bits per heavy atom. The molecule has 0 heterocycles. The van der Waals surface area contributed by atoms with E-state index in [-0.39, 0.29) is 0 Å². The van der Waals surface area contributed by atoms with E-state index >= 15 is 0 Å². The van der Waals surface area contributed by atoms with Gasteiger partial charge >= 0.3 is 0 Å². The zero-order valence-electron chi connectivity index (χ0n) is 15.0.